The quantitative estimate of drug-likeness (QED) is 0.141. The first-order valence-electron chi connectivity index (χ1n) is 24.5. The van der Waals surface area contributed by atoms with Gasteiger partial charge in [0.25, 0.3) is 0 Å². The Bertz CT molecular complexity index is 3780. The summed E-state index contributed by atoms with van der Waals surface area (Å²) in [6, 6.07) is 62.9. The molecule has 2 aromatic heterocycles. The van der Waals surface area contributed by atoms with Gasteiger partial charge in [0.2, 0.25) is 0 Å². The van der Waals surface area contributed by atoms with Gasteiger partial charge < -0.3 is 9.13 Å². The average molecular weight is 981 g/mol. The topological polar surface area (TPSA) is 9.86 Å². The van der Waals surface area contributed by atoms with Crippen LogP contribution >= 0.6 is 0 Å². The van der Waals surface area contributed by atoms with E-state index in [1.54, 1.807) is 9.13 Å². The molecule has 0 aliphatic carbocycles. The van der Waals surface area contributed by atoms with Crippen molar-refractivity contribution in [3.8, 4) is 67.0 Å². The van der Waals surface area contributed by atoms with Crippen molar-refractivity contribution >= 4 is 43.6 Å². The summed E-state index contributed by atoms with van der Waals surface area (Å²) in [5.74, 6) is 0. The maximum absolute atomic E-state index is 17.0. The van der Waals surface area contributed by atoms with Gasteiger partial charge in [0.05, 0.1) is 39.0 Å². The standard InChI is InChI=1S/C66H46F6N2/c1-39-14-5-9-20-50(39)44-24-28-58-54(33-44)55-34-45(51-21-10-6-15-40(51)2)25-29-59(55)73(58)62-37-48(43-18-13-19-49(32-43)65(67,68)69)38-63(64(62)66(70,71)72)74-60-30-26-46(52-22-11-7-16-41(52)3)35-56(60)57-36-47(27-31-61(57)74)53-23-12-8-17-42(53)4/h5-38H,1-4H3. The number of rotatable bonds is 7. The van der Waals surface area contributed by atoms with Gasteiger partial charge in [-0.1, -0.05) is 133 Å². The Kier molecular flexibility index (Phi) is 11.0. The minimum absolute atomic E-state index is 0.116. The van der Waals surface area contributed by atoms with Crippen molar-refractivity contribution in [2.24, 2.45) is 0 Å². The van der Waals surface area contributed by atoms with Crippen LogP contribution in [-0.2, 0) is 12.4 Å². The number of aryl methyl sites for hydroxylation is 4. The first kappa shape index (κ1) is 46.5. The summed E-state index contributed by atoms with van der Waals surface area (Å²) in [5, 5.41) is 2.89. The molecule has 0 N–H and O–H groups in total. The van der Waals surface area contributed by atoms with E-state index in [4.69, 9.17) is 0 Å². The van der Waals surface area contributed by atoms with Crippen molar-refractivity contribution in [3.05, 3.63) is 240 Å². The molecule has 74 heavy (non-hydrogen) atoms. The number of fused-ring (bicyclic) bond motifs is 6. The molecule has 0 aliphatic heterocycles. The lowest BCUT2D eigenvalue weighted by atomic mass is 9.97. The van der Waals surface area contributed by atoms with Crippen LogP contribution in [0.1, 0.15) is 33.4 Å². The van der Waals surface area contributed by atoms with Crippen LogP contribution in [0.15, 0.2) is 206 Å². The van der Waals surface area contributed by atoms with Crippen molar-refractivity contribution < 1.29 is 26.3 Å². The molecule has 0 bridgehead atoms. The molecular weight excluding hydrogens is 935 g/mol. The fourth-order valence-corrected chi connectivity index (χ4v) is 11.1. The highest BCUT2D eigenvalue weighted by atomic mass is 19.4. The second kappa shape index (κ2) is 17.6. The molecule has 2 nitrogen and oxygen atoms in total. The van der Waals surface area contributed by atoms with Crippen LogP contribution in [0.3, 0.4) is 0 Å². The molecule has 0 saturated carbocycles. The molecular formula is C66H46F6N2. The summed E-state index contributed by atoms with van der Waals surface area (Å²) in [5.41, 5.74) is 11.7. The molecule has 0 aliphatic rings. The number of alkyl halides is 6. The fraction of sp³-hybridized carbons (Fsp3) is 0.0909. The predicted octanol–water partition coefficient (Wildman–Crippen LogP) is 19.5. The number of nitrogens with zero attached hydrogens (tertiary/aromatic N) is 2. The lowest BCUT2D eigenvalue weighted by molar-refractivity contribution is -0.138. The van der Waals surface area contributed by atoms with Gasteiger partial charge >= 0.3 is 12.4 Å². The van der Waals surface area contributed by atoms with Crippen LogP contribution in [-0.4, -0.2) is 9.13 Å². The largest absolute Gasteiger partial charge is 0.420 e. The Morgan fingerprint density at radius 1 is 0.284 bits per heavy atom. The summed E-state index contributed by atoms with van der Waals surface area (Å²) in [7, 11) is 0. The van der Waals surface area contributed by atoms with E-state index in [0.717, 1.165) is 100 Å². The van der Waals surface area contributed by atoms with Crippen LogP contribution < -0.4 is 0 Å². The fourth-order valence-electron chi connectivity index (χ4n) is 11.1. The highest BCUT2D eigenvalue weighted by molar-refractivity contribution is 6.14. The van der Waals surface area contributed by atoms with Crippen molar-refractivity contribution in [2.45, 2.75) is 40.0 Å². The molecule has 362 valence electrons. The van der Waals surface area contributed by atoms with Gasteiger partial charge in [0.15, 0.2) is 0 Å². The van der Waals surface area contributed by atoms with E-state index < -0.39 is 23.5 Å². The van der Waals surface area contributed by atoms with Crippen LogP contribution in [0.2, 0.25) is 0 Å². The summed E-state index contributed by atoms with van der Waals surface area (Å²) in [4.78, 5) is 0. The SMILES string of the molecule is Cc1ccccc1-c1ccc2c(c1)c1cc(-c3ccccc3C)ccc1n2-c1cc(-c2cccc(C(F)(F)F)c2)cc(-n2c3ccc(-c4ccccc4C)cc3c3cc(-c4ccccc4C)ccc32)c1C(F)(F)F. The highest BCUT2D eigenvalue weighted by Gasteiger charge is 2.40. The monoisotopic (exact) mass is 980 g/mol. The van der Waals surface area contributed by atoms with Crippen molar-refractivity contribution in [1.29, 1.82) is 0 Å². The molecule has 0 fully saturated rings. The Balaban J connectivity index is 1.23. The Morgan fingerprint density at radius 2 is 0.608 bits per heavy atom. The van der Waals surface area contributed by atoms with Crippen LogP contribution in [0.25, 0.3) is 111 Å². The van der Waals surface area contributed by atoms with Gasteiger partial charge in [0.1, 0.15) is 5.56 Å². The molecule has 12 rings (SSSR count). The van der Waals surface area contributed by atoms with E-state index in [-0.39, 0.29) is 22.5 Å². The van der Waals surface area contributed by atoms with E-state index in [2.05, 4.69) is 0 Å². The van der Waals surface area contributed by atoms with Crippen molar-refractivity contribution in [2.75, 3.05) is 0 Å². The number of halogens is 6. The molecule has 0 atom stereocenters. The van der Waals surface area contributed by atoms with Gasteiger partial charge in [-0.25, -0.2) is 0 Å². The molecule has 8 heteroatoms. The second-order valence-electron chi connectivity index (χ2n) is 19.3. The van der Waals surface area contributed by atoms with Crippen LogP contribution in [0.4, 0.5) is 26.3 Å². The first-order valence-corrected chi connectivity index (χ1v) is 24.5. The smallest absolute Gasteiger partial charge is 0.309 e. The molecule has 0 spiro atoms. The number of hydrogen-bond acceptors (Lipinski definition) is 0. The lowest BCUT2D eigenvalue weighted by Gasteiger charge is -2.23. The van der Waals surface area contributed by atoms with Gasteiger partial charge in [-0.05, 0) is 178 Å². The summed E-state index contributed by atoms with van der Waals surface area (Å²) in [6.45, 7) is 8.10. The third-order valence-electron chi connectivity index (χ3n) is 14.7. The van der Waals surface area contributed by atoms with E-state index in [1.165, 1.54) is 24.3 Å². The highest BCUT2D eigenvalue weighted by Crippen LogP contribution is 2.48. The average Bonchev–Trinajstić information content (AvgIpc) is 3.91. The lowest BCUT2D eigenvalue weighted by Crippen LogP contribution is -2.16. The molecule has 0 unspecified atom stereocenters. The first-order chi connectivity index (χ1) is 35.6. The molecule has 10 aromatic carbocycles. The Hall–Kier alpha value is -8.62. The Labute approximate surface area is 424 Å². The van der Waals surface area contributed by atoms with Gasteiger partial charge in [-0.15, -0.1) is 0 Å². The van der Waals surface area contributed by atoms with Gasteiger partial charge in [-0.3, -0.25) is 0 Å². The molecule has 0 saturated heterocycles. The molecule has 2 heterocycles. The van der Waals surface area contributed by atoms with E-state index in [0.29, 0.717) is 22.1 Å². The molecule has 0 amide bonds. The zero-order valence-electron chi connectivity index (χ0n) is 40.8. The van der Waals surface area contributed by atoms with E-state index in [9.17, 15) is 13.2 Å². The summed E-state index contributed by atoms with van der Waals surface area (Å²) >= 11 is 0. The summed E-state index contributed by atoms with van der Waals surface area (Å²) in [6.07, 6.45) is -9.70. The third-order valence-corrected chi connectivity index (χ3v) is 14.7. The van der Waals surface area contributed by atoms with Gasteiger partial charge in [-0.2, -0.15) is 26.3 Å². The van der Waals surface area contributed by atoms with Crippen LogP contribution in [0, 0.1) is 27.7 Å². The Morgan fingerprint density at radius 3 is 0.905 bits per heavy atom. The van der Waals surface area contributed by atoms with E-state index >= 15 is 13.2 Å². The minimum atomic E-state index is -4.99. The minimum Gasteiger partial charge on any atom is -0.309 e. The molecule has 12 aromatic rings. The maximum atomic E-state index is 17.0. The maximum Gasteiger partial charge on any atom is 0.420 e. The molecule has 0 radical (unpaired) electrons. The van der Waals surface area contributed by atoms with Crippen molar-refractivity contribution in [1.82, 2.24) is 9.13 Å². The van der Waals surface area contributed by atoms with E-state index in [1.807, 2.05) is 198 Å². The van der Waals surface area contributed by atoms with Crippen LogP contribution in [0.5, 0.6) is 0 Å². The normalized spacial score (nSPS) is 12.2. The zero-order chi connectivity index (χ0) is 51.2. The second-order valence-corrected chi connectivity index (χ2v) is 19.3. The van der Waals surface area contributed by atoms with Gasteiger partial charge in [0, 0.05) is 21.5 Å². The number of hydrogen-bond donors (Lipinski definition) is 0. The van der Waals surface area contributed by atoms with Crippen molar-refractivity contribution in [3.63, 3.8) is 0 Å². The summed E-state index contributed by atoms with van der Waals surface area (Å²) < 4.78 is 98.0. The third kappa shape index (κ3) is 7.84. The predicted molar refractivity (Wildman–Crippen MR) is 291 cm³/mol. The number of aromatic nitrogens is 2. The zero-order valence-corrected chi connectivity index (χ0v) is 40.8. The number of benzene rings is 10.